The Kier molecular flexibility index (Phi) is 4.20. The van der Waals surface area contributed by atoms with E-state index in [2.05, 4.69) is 10.1 Å². The summed E-state index contributed by atoms with van der Waals surface area (Å²) in [6, 6.07) is 6.51. The number of aryl methyl sites for hydroxylation is 1. The van der Waals surface area contributed by atoms with Crippen molar-refractivity contribution >= 4 is 21.6 Å². The highest BCUT2D eigenvalue weighted by Crippen LogP contribution is 2.31. The third kappa shape index (κ3) is 2.88. The maximum absolute atomic E-state index is 12.6. The fourth-order valence-electron chi connectivity index (χ4n) is 2.63. The lowest BCUT2D eigenvalue weighted by atomic mass is 9.98. The van der Waals surface area contributed by atoms with Crippen LogP contribution in [-0.4, -0.2) is 36.0 Å². The third-order valence-electron chi connectivity index (χ3n) is 3.82. The Morgan fingerprint density at radius 3 is 2.55 bits per heavy atom. The summed E-state index contributed by atoms with van der Waals surface area (Å²) in [5.74, 6) is 1.32. The Hall–Kier alpha value is -1.44. The van der Waals surface area contributed by atoms with E-state index in [4.69, 9.17) is 16.1 Å². The second-order valence-electron chi connectivity index (χ2n) is 5.28. The molecule has 0 aliphatic carbocycles. The maximum Gasteiger partial charge on any atom is 0.244 e. The van der Waals surface area contributed by atoms with Crippen molar-refractivity contribution in [3.63, 3.8) is 0 Å². The van der Waals surface area contributed by atoms with Gasteiger partial charge in [-0.05, 0) is 25.0 Å². The van der Waals surface area contributed by atoms with Crippen molar-refractivity contribution in [3.8, 4) is 0 Å². The highest BCUT2D eigenvalue weighted by Gasteiger charge is 2.32. The summed E-state index contributed by atoms with van der Waals surface area (Å²) in [5, 5.41) is 4.17. The lowest BCUT2D eigenvalue weighted by Gasteiger charge is -2.30. The number of rotatable bonds is 3. The van der Waals surface area contributed by atoms with Crippen LogP contribution in [0, 0.1) is 6.92 Å². The van der Waals surface area contributed by atoms with Crippen molar-refractivity contribution in [1.29, 1.82) is 0 Å². The zero-order valence-corrected chi connectivity index (χ0v) is 13.6. The number of nitrogens with zero attached hydrogens (tertiary/aromatic N) is 3. The first-order valence-electron chi connectivity index (χ1n) is 7.03. The average molecular weight is 342 g/mol. The monoisotopic (exact) mass is 341 g/mol. The fraction of sp³-hybridized carbons (Fsp3) is 0.429. The van der Waals surface area contributed by atoms with E-state index in [-0.39, 0.29) is 15.8 Å². The van der Waals surface area contributed by atoms with Gasteiger partial charge in [0.15, 0.2) is 5.82 Å². The Balaban J connectivity index is 1.75. The minimum Gasteiger partial charge on any atom is -0.340 e. The largest absolute Gasteiger partial charge is 0.340 e. The van der Waals surface area contributed by atoms with E-state index in [1.807, 2.05) is 0 Å². The zero-order valence-electron chi connectivity index (χ0n) is 12.1. The Bertz CT molecular complexity index is 767. The molecule has 0 atom stereocenters. The molecule has 118 valence electrons. The number of hydrogen-bond donors (Lipinski definition) is 0. The topological polar surface area (TPSA) is 76.3 Å². The summed E-state index contributed by atoms with van der Waals surface area (Å²) < 4.78 is 31.8. The van der Waals surface area contributed by atoms with Crippen LogP contribution in [0.25, 0.3) is 0 Å². The standard InChI is InChI=1S/C14H16ClN3O3S/c1-10-16-14(17-21-10)11-6-8-18(9-7-11)22(19,20)13-5-3-2-4-12(13)15/h2-5,11H,6-9H2,1H3. The molecule has 0 saturated carbocycles. The molecule has 6 nitrogen and oxygen atoms in total. The second kappa shape index (κ2) is 5.98. The lowest BCUT2D eigenvalue weighted by molar-refractivity contribution is 0.305. The van der Waals surface area contributed by atoms with E-state index in [1.165, 1.54) is 10.4 Å². The molecule has 2 heterocycles. The molecule has 1 aromatic heterocycles. The molecule has 22 heavy (non-hydrogen) atoms. The lowest BCUT2D eigenvalue weighted by Crippen LogP contribution is -2.38. The first-order chi connectivity index (χ1) is 10.5. The average Bonchev–Trinajstić information content (AvgIpc) is 2.94. The van der Waals surface area contributed by atoms with Gasteiger partial charge < -0.3 is 4.52 Å². The molecule has 0 amide bonds. The van der Waals surface area contributed by atoms with Crippen molar-refractivity contribution in [2.24, 2.45) is 0 Å². The van der Waals surface area contributed by atoms with Crippen molar-refractivity contribution < 1.29 is 12.9 Å². The molecule has 8 heteroatoms. The Morgan fingerprint density at radius 2 is 1.95 bits per heavy atom. The summed E-state index contributed by atoms with van der Waals surface area (Å²) in [7, 11) is -3.56. The van der Waals surface area contributed by atoms with Gasteiger partial charge in [-0.1, -0.05) is 28.9 Å². The van der Waals surface area contributed by atoms with Gasteiger partial charge in [-0.3, -0.25) is 0 Å². The zero-order chi connectivity index (χ0) is 15.7. The van der Waals surface area contributed by atoms with Crippen molar-refractivity contribution in [2.45, 2.75) is 30.6 Å². The number of hydrogen-bond acceptors (Lipinski definition) is 5. The predicted molar refractivity (Wildman–Crippen MR) is 81.2 cm³/mol. The van der Waals surface area contributed by atoms with Crippen LogP contribution in [0.15, 0.2) is 33.7 Å². The number of sulfonamides is 1. The van der Waals surface area contributed by atoms with E-state index in [0.29, 0.717) is 37.6 Å². The molecule has 1 saturated heterocycles. The smallest absolute Gasteiger partial charge is 0.244 e. The molecule has 0 N–H and O–H groups in total. The fourth-order valence-corrected chi connectivity index (χ4v) is 4.59. The third-order valence-corrected chi connectivity index (χ3v) is 6.22. The Morgan fingerprint density at radius 1 is 1.27 bits per heavy atom. The van der Waals surface area contributed by atoms with Crippen LogP contribution < -0.4 is 0 Å². The second-order valence-corrected chi connectivity index (χ2v) is 7.59. The molecule has 3 rings (SSSR count). The SMILES string of the molecule is Cc1nc(C2CCN(S(=O)(=O)c3ccccc3Cl)CC2)no1. The van der Waals surface area contributed by atoms with Gasteiger partial charge >= 0.3 is 0 Å². The minimum absolute atomic E-state index is 0.134. The summed E-state index contributed by atoms with van der Waals surface area (Å²) in [6.45, 7) is 2.59. The normalized spacial score (nSPS) is 17.7. The highest BCUT2D eigenvalue weighted by atomic mass is 35.5. The summed E-state index contributed by atoms with van der Waals surface area (Å²) >= 11 is 6.02. The van der Waals surface area contributed by atoms with E-state index < -0.39 is 10.0 Å². The minimum atomic E-state index is -3.56. The quantitative estimate of drug-likeness (QED) is 0.857. The predicted octanol–water partition coefficient (Wildman–Crippen LogP) is 2.60. The molecular formula is C14H16ClN3O3S. The molecule has 1 aliphatic heterocycles. The van der Waals surface area contributed by atoms with Crippen LogP contribution in [0.3, 0.4) is 0 Å². The van der Waals surface area contributed by atoms with Crippen molar-refractivity contribution in [3.05, 3.63) is 41.0 Å². The van der Waals surface area contributed by atoms with Crippen molar-refractivity contribution in [1.82, 2.24) is 14.4 Å². The van der Waals surface area contributed by atoms with Gasteiger partial charge in [0.05, 0.1) is 5.02 Å². The first-order valence-corrected chi connectivity index (χ1v) is 8.85. The highest BCUT2D eigenvalue weighted by molar-refractivity contribution is 7.89. The number of halogens is 1. The molecule has 0 spiro atoms. The van der Waals surface area contributed by atoms with E-state index >= 15 is 0 Å². The molecule has 0 unspecified atom stereocenters. The van der Waals surface area contributed by atoms with Crippen LogP contribution in [0.4, 0.5) is 0 Å². The van der Waals surface area contributed by atoms with Crippen LogP contribution >= 0.6 is 11.6 Å². The first kappa shape index (κ1) is 15.5. The number of piperidine rings is 1. The summed E-state index contributed by atoms with van der Waals surface area (Å²) in [6.07, 6.45) is 1.34. The van der Waals surface area contributed by atoms with Crippen LogP contribution in [0.2, 0.25) is 5.02 Å². The van der Waals surface area contributed by atoms with E-state index in [0.717, 1.165) is 0 Å². The number of aromatic nitrogens is 2. The molecule has 1 aliphatic rings. The van der Waals surface area contributed by atoms with E-state index in [9.17, 15) is 8.42 Å². The van der Waals surface area contributed by atoms with Crippen molar-refractivity contribution in [2.75, 3.05) is 13.1 Å². The molecule has 0 radical (unpaired) electrons. The molecule has 1 fully saturated rings. The van der Waals surface area contributed by atoms with Gasteiger partial charge in [-0.25, -0.2) is 8.42 Å². The van der Waals surface area contributed by atoms with Gasteiger partial charge in [0.2, 0.25) is 15.9 Å². The summed E-state index contributed by atoms with van der Waals surface area (Å²) in [4.78, 5) is 4.38. The van der Waals surface area contributed by atoms with Gasteiger partial charge in [0, 0.05) is 25.9 Å². The van der Waals surface area contributed by atoms with E-state index in [1.54, 1.807) is 25.1 Å². The summed E-state index contributed by atoms with van der Waals surface area (Å²) in [5.41, 5.74) is 0. The van der Waals surface area contributed by atoms with Gasteiger partial charge in [0.1, 0.15) is 4.90 Å². The van der Waals surface area contributed by atoms with Gasteiger partial charge in [0.25, 0.3) is 0 Å². The number of benzene rings is 1. The van der Waals surface area contributed by atoms with Gasteiger partial charge in [-0.15, -0.1) is 0 Å². The molecular weight excluding hydrogens is 326 g/mol. The maximum atomic E-state index is 12.6. The molecule has 1 aromatic carbocycles. The molecule has 2 aromatic rings. The Labute approximate surface area is 134 Å². The van der Waals surface area contributed by atoms with Crippen LogP contribution in [0.1, 0.15) is 30.5 Å². The van der Waals surface area contributed by atoms with Gasteiger partial charge in [-0.2, -0.15) is 9.29 Å². The van der Waals surface area contributed by atoms with Crippen LogP contribution in [0.5, 0.6) is 0 Å². The molecule has 0 bridgehead atoms. The van der Waals surface area contributed by atoms with Crippen LogP contribution in [-0.2, 0) is 10.0 Å².